The van der Waals surface area contributed by atoms with Gasteiger partial charge in [-0.3, -0.25) is 0 Å². The minimum Gasteiger partial charge on any atom is -0.328 e. The van der Waals surface area contributed by atoms with E-state index in [9.17, 15) is 0 Å². The highest BCUT2D eigenvalue weighted by Crippen LogP contribution is 2.09. The van der Waals surface area contributed by atoms with E-state index in [1.54, 1.807) is 0 Å². The molecule has 0 unspecified atom stereocenters. The zero-order valence-corrected chi connectivity index (χ0v) is 7.30. The molecule has 0 radical (unpaired) electrons. The zero-order valence-electron chi connectivity index (χ0n) is 7.30. The summed E-state index contributed by atoms with van der Waals surface area (Å²) in [5, 5.41) is 0. The smallest absolute Gasteiger partial charge is 0.00790 e. The molecule has 0 fully saturated rings. The van der Waals surface area contributed by atoms with E-state index in [1.807, 2.05) is 6.92 Å². The van der Waals surface area contributed by atoms with E-state index in [1.165, 1.54) is 0 Å². The quantitative estimate of drug-likeness (QED) is 0.620. The van der Waals surface area contributed by atoms with Crippen molar-refractivity contribution in [3.05, 3.63) is 0 Å². The molecule has 3 atom stereocenters. The molecule has 0 amide bonds. The SMILES string of the molecule is CC[C@H](C)[C@H](N)C[C@@H](C)N. The van der Waals surface area contributed by atoms with Crippen LogP contribution in [0.15, 0.2) is 0 Å². The first-order chi connectivity index (χ1) is 4.57. The highest BCUT2D eigenvalue weighted by molar-refractivity contribution is 4.71. The summed E-state index contributed by atoms with van der Waals surface area (Å²) in [4.78, 5) is 0. The molecule has 0 aliphatic heterocycles. The van der Waals surface area contributed by atoms with Crippen molar-refractivity contribution in [2.75, 3.05) is 0 Å². The first-order valence-electron chi connectivity index (χ1n) is 4.09. The van der Waals surface area contributed by atoms with Crippen LogP contribution in [0, 0.1) is 5.92 Å². The first-order valence-corrected chi connectivity index (χ1v) is 4.09. The van der Waals surface area contributed by atoms with E-state index >= 15 is 0 Å². The second kappa shape index (κ2) is 4.69. The van der Waals surface area contributed by atoms with Crippen LogP contribution in [0.2, 0.25) is 0 Å². The van der Waals surface area contributed by atoms with Gasteiger partial charge in [0.2, 0.25) is 0 Å². The molecule has 0 aromatic rings. The summed E-state index contributed by atoms with van der Waals surface area (Å²) in [7, 11) is 0. The average Bonchev–Trinajstić information content (AvgIpc) is 1.85. The Bertz CT molecular complexity index is 81.3. The second-order valence-electron chi connectivity index (χ2n) is 3.26. The summed E-state index contributed by atoms with van der Waals surface area (Å²) < 4.78 is 0. The Labute approximate surface area is 64.0 Å². The number of hydrogen-bond acceptors (Lipinski definition) is 2. The first kappa shape index (κ1) is 9.92. The largest absolute Gasteiger partial charge is 0.328 e. The molecule has 0 rings (SSSR count). The fourth-order valence-electron chi connectivity index (χ4n) is 0.964. The van der Waals surface area contributed by atoms with Gasteiger partial charge in [-0.15, -0.1) is 0 Å². The van der Waals surface area contributed by atoms with Crippen LogP contribution in [0.3, 0.4) is 0 Å². The van der Waals surface area contributed by atoms with Crippen LogP contribution in [-0.4, -0.2) is 12.1 Å². The Kier molecular flexibility index (Phi) is 4.65. The maximum absolute atomic E-state index is 5.85. The van der Waals surface area contributed by atoms with Crippen LogP contribution in [0.1, 0.15) is 33.6 Å². The van der Waals surface area contributed by atoms with Crippen molar-refractivity contribution in [2.45, 2.75) is 45.7 Å². The van der Waals surface area contributed by atoms with Gasteiger partial charge in [0.05, 0.1) is 0 Å². The Morgan fingerprint density at radius 1 is 1.20 bits per heavy atom. The topological polar surface area (TPSA) is 52.0 Å². The van der Waals surface area contributed by atoms with Gasteiger partial charge in [0.1, 0.15) is 0 Å². The molecule has 62 valence electrons. The van der Waals surface area contributed by atoms with E-state index in [0.717, 1.165) is 12.8 Å². The molecular formula is C8H20N2. The van der Waals surface area contributed by atoms with Crippen LogP contribution in [0.25, 0.3) is 0 Å². The summed E-state index contributed by atoms with van der Waals surface area (Å²) in [6.45, 7) is 6.33. The van der Waals surface area contributed by atoms with Crippen molar-refractivity contribution in [1.82, 2.24) is 0 Å². The lowest BCUT2D eigenvalue weighted by molar-refractivity contribution is 0.399. The van der Waals surface area contributed by atoms with Gasteiger partial charge >= 0.3 is 0 Å². The van der Waals surface area contributed by atoms with E-state index in [2.05, 4.69) is 13.8 Å². The highest BCUT2D eigenvalue weighted by Gasteiger charge is 2.11. The van der Waals surface area contributed by atoms with Crippen molar-refractivity contribution < 1.29 is 0 Å². The Morgan fingerprint density at radius 3 is 2.00 bits per heavy atom. The highest BCUT2D eigenvalue weighted by atomic mass is 14.7. The van der Waals surface area contributed by atoms with Crippen molar-refractivity contribution in [2.24, 2.45) is 17.4 Å². The number of rotatable bonds is 4. The standard InChI is InChI=1S/C8H20N2/c1-4-6(2)8(10)5-7(3)9/h6-8H,4-5,9-10H2,1-3H3/t6-,7+,8+/m0/s1. The average molecular weight is 144 g/mol. The monoisotopic (exact) mass is 144 g/mol. The Balaban J connectivity index is 3.50. The van der Waals surface area contributed by atoms with E-state index in [-0.39, 0.29) is 12.1 Å². The van der Waals surface area contributed by atoms with Crippen molar-refractivity contribution >= 4 is 0 Å². The van der Waals surface area contributed by atoms with E-state index in [0.29, 0.717) is 5.92 Å². The Morgan fingerprint density at radius 2 is 1.70 bits per heavy atom. The summed E-state index contributed by atoms with van der Waals surface area (Å²) in [6.07, 6.45) is 2.09. The molecule has 0 saturated heterocycles. The molecule has 0 aliphatic rings. The van der Waals surface area contributed by atoms with E-state index in [4.69, 9.17) is 11.5 Å². The lowest BCUT2D eigenvalue weighted by Gasteiger charge is -2.19. The number of nitrogens with two attached hydrogens (primary N) is 2. The van der Waals surface area contributed by atoms with Crippen LogP contribution in [-0.2, 0) is 0 Å². The van der Waals surface area contributed by atoms with Gasteiger partial charge in [-0.1, -0.05) is 20.3 Å². The molecule has 0 bridgehead atoms. The molecule has 4 N–H and O–H groups in total. The molecule has 0 aromatic heterocycles. The van der Waals surface area contributed by atoms with Crippen LogP contribution in [0.5, 0.6) is 0 Å². The molecular weight excluding hydrogens is 124 g/mol. The second-order valence-corrected chi connectivity index (χ2v) is 3.26. The predicted molar refractivity (Wildman–Crippen MR) is 45.7 cm³/mol. The van der Waals surface area contributed by atoms with Crippen LogP contribution >= 0.6 is 0 Å². The normalized spacial score (nSPS) is 20.1. The molecule has 0 heterocycles. The summed E-state index contributed by atoms with van der Waals surface area (Å²) >= 11 is 0. The van der Waals surface area contributed by atoms with Gasteiger partial charge in [-0.25, -0.2) is 0 Å². The maximum Gasteiger partial charge on any atom is 0.00790 e. The Hall–Kier alpha value is -0.0800. The fraction of sp³-hybridized carbons (Fsp3) is 1.00. The third-order valence-electron chi connectivity index (χ3n) is 2.02. The number of hydrogen-bond donors (Lipinski definition) is 2. The van der Waals surface area contributed by atoms with Gasteiger partial charge in [0.25, 0.3) is 0 Å². The van der Waals surface area contributed by atoms with Crippen molar-refractivity contribution in [1.29, 1.82) is 0 Å². The fourth-order valence-corrected chi connectivity index (χ4v) is 0.964. The summed E-state index contributed by atoms with van der Waals surface area (Å²) in [6, 6.07) is 0.522. The minimum atomic E-state index is 0.240. The van der Waals surface area contributed by atoms with Crippen molar-refractivity contribution in [3.8, 4) is 0 Å². The minimum absolute atomic E-state index is 0.240. The maximum atomic E-state index is 5.85. The van der Waals surface area contributed by atoms with Gasteiger partial charge in [0, 0.05) is 12.1 Å². The van der Waals surface area contributed by atoms with Crippen molar-refractivity contribution in [3.63, 3.8) is 0 Å². The predicted octanol–water partition coefficient (Wildman–Crippen LogP) is 1.10. The molecule has 0 aromatic carbocycles. The molecule has 0 aliphatic carbocycles. The third kappa shape index (κ3) is 3.85. The molecule has 2 nitrogen and oxygen atoms in total. The van der Waals surface area contributed by atoms with E-state index < -0.39 is 0 Å². The lowest BCUT2D eigenvalue weighted by Crippen LogP contribution is -2.34. The molecule has 10 heavy (non-hydrogen) atoms. The summed E-state index contributed by atoms with van der Waals surface area (Å²) in [5.74, 6) is 0.603. The molecule has 2 heteroatoms. The molecule has 0 saturated carbocycles. The van der Waals surface area contributed by atoms with Gasteiger partial charge in [0.15, 0.2) is 0 Å². The lowest BCUT2D eigenvalue weighted by atomic mass is 9.95. The zero-order chi connectivity index (χ0) is 8.15. The van der Waals surface area contributed by atoms with Gasteiger partial charge in [-0.05, 0) is 19.3 Å². The summed E-state index contributed by atoms with van der Waals surface area (Å²) in [5.41, 5.74) is 11.5. The van der Waals surface area contributed by atoms with Crippen LogP contribution in [0.4, 0.5) is 0 Å². The molecule has 0 spiro atoms. The van der Waals surface area contributed by atoms with Gasteiger partial charge < -0.3 is 11.5 Å². The van der Waals surface area contributed by atoms with Gasteiger partial charge in [-0.2, -0.15) is 0 Å². The third-order valence-corrected chi connectivity index (χ3v) is 2.02. The van der Waals surface area contributed by atoms with Crippen LogP contribution < -0.4 is 11.5 Å².